The van der Waals surface area contributed by atoms with E-state index in [1.807, 2.05) is 13.0 Å². The highest BCUT2D eigenvalue weighted by Crippen LogP contribution is 2.26. The first kappa shape index (κ1) is 17.8. The number of benzene rings is 1. The van der Waals surface area contributed by atoms with Crippen molar-refractivity contribution in [3.63, 3.8) is 0 Å². The van der Waals surface area contributed by atoms with Crippen molar-refractivity contribution in [2.45, 2.75) is 33.5 Å². The largest absolute Gasteiger partial charge is 0.365 e. The number of amides is 1. The maximum absolute atomic E-state index is 13.7. The van der Waals surface area contributed by atoms with Gasteiger partial charge in [-0.05, 0) is 45.0 Å². The van der Waals surface area contributed by atoms with Gasteiger partial charge in [0.15, 0.2) is 0 Å². The molecule has 0 aliphatic heterocycles. The van der Waals surface area contributed by atoms with Gasteiger partial charge < -0.3 is 11.1 Å². The van der Waals surface area contributed by atoms with Crippen molar-refractivity contribution < 1.29 is 13.6 Å². The van der Waals surface area contributed by atoms with Gasteiger partial charge in [-0.15, -0.1) is 0 Å². The minimum Gasteiger partial charge on any atom is -0.365 e. The first-order valence-corrected chi connectivity index (χ1v) is 8.11. The molecule has 2 aromatic heterocycles. The Hall–Kier alpha value is -3.03. The molecule has 1 amide bonds. The fourth-order valence-electron chi connectivity index (χ4n) is 2.80. The van der Waals surface area contributed by atoms with E-state index in [0.29, 0.717) is 5.69 Å². The summed E-state index contributed by atoms with van der Waals surface area (Å²) in [6, 6.07) is 6.45. The molecule has 0 aliphatic carbocycles. The van der Waals surface area contributed by atoms with E-state index in [1.54, 1.807) is 16.8 Å². The van der Waals surface area contributed by atoms with Gasteiger partial charge in [-0.3, -0.25) is 9.48 Å². The molecule has 136 valence electrons. The molecule has 0 spiro atoms. The van der Waals surface area contributed by atoms with Crippen LogP contribution in [0.1, 0.15) is 28.7 Å². The van der Waals surface area contributed by atoms with Gasteiger partial charge in [0.05, 0.1) is 29.0 Å². The van der Waals surface area contributed by atoms with Crippen LogP contribution in [0.4, 0.5) is 20.3 Å². The summed E-state index contributed by atoms with van der Waals surface area (Å²) in [5.41, 5.74) is 7.62. The van der Waals surface area contributed by atoms with Gasteiger partial charge in [-0.1, -0.05) is 0 Å². The van der Waals surface area contributed by atoms with E-state index in [2.05, 4.69) is 15.4 Å². The smallest absolute Gasteiger partial charge is 0.252 e. The number of halogens is 2. The van der Waals surface area contributed by atoms with Crippen LogP contribution in [0.3, 0.4) is 0 Å². The number of carbonyl (C=O) groups is 1. The lowest BCUT2D eigenvalue weighted by Crippen LogP contribution is -2.15. The molecule has 2 heterocycles. The van der Waals surface area contributed by atoms with Crippen LogP contribution in [0.2, 0.25) is 0 Å². The summed E-state index contributed by atoms with van der Waals surface area (Å²) >= 11 is 0. The van der Waals surface area contributed by atoms with E-state index in [0.717, 1.165) is 22.7 Å². The first-order valence-electron chi connectivity index (χ1n) is 8.11. The normalized spacial score (nSPS) is 12.3. The Bertz CT molecular complexity index is 997. The zero-order valence-corrected chi connectivity index (χ0v) is 14.7. The number of nitrogens with one attached hydrogen (secondary N) is 1. The van der Waals surface area contributed by atoms with E-state index in [-0.39, 0.29) is 23.6 Å². The number of anilines is 2. The van der Waals surface area contributed by atoms with Crippen LogP contribution < -0.4 is 11.1 Å². The molecule has 0 saturated heterocycles. The summed E-state index contributed by atoms with van der Waals surface area (Å²) in [7, 11) is 0. The minimum atomic E-state index is -1.01. The molecule has 6 nitrogen and oxygen atoms in total. The van der Waals surface area contributed by atoms with Gasteiger partial charge in [0.1, 0.15) is 17.8 Å². The number of fused-ring (bicyclic) bond motifs is 1. The number of primary amides is 1. The number of alkyl halides is 1. The molecule has 3 N–H and O–H groups in total. The van der Waals surface area contributed by atoms with Gasteiger partial charge in [0, 0.05) is 11.1 Å². The van der Waals surface area contributed by atoms with Crippen LogP contribution in [0.25, 0.3) is 10.9 Å². The van der Waals surface area contributed by atoms with E-state index in [9.17, 15) is 13.6 Å². The van der Waals surface area contributed by atoms with Crippen LogP contribution in [0, 0.1) is 19.7 Å². The molecular weight excluding hydrogens is 340 g/mol. The number of rotatable bonds is 5. The summed E-state index contributed by atoms with van der Waals surface area (Å²) in [4.78, 5) is 15.7. The molecule has 1 unspecified atom stereocenters. The zero-order chi connectivity index (χ0) is 19.0. The van der Waals surface area contributed by atoms with E-state index in [1.165, 1.54) is 13.8 Å². The predicted molar refractivity (Wildman–Crippen MR) is 95.8 cm³/mol. The predicted octanol–water partition coefficient (Wildman–Crippen LogP) is 3.39. The number of aromatic nitrogens is 3. The van der Waals surface area contributed by atoms with Crippen LogP contribution >= 0.6 is 0 Å². The van der Waals surface area contributed by atoms with Gasteiger partial charge >= 0.3 is 0 Å². The molecule has 1 atom stereocenters. The zero-order valence-electron chi connectivity index (χ0n) is 14.7. The summed E-state index contributed by atoms with van der Waals surface area (Å²) < 4.78 is 28.6. The van der Waals surface area contributed by atoms with Crippen molar-refractivity contribution in [3.8, 4) is 0 Å². The molecule has 8 heteroatoms. The third kappa shape index (κ3) is 3.35. The molecule has 3 aromatic rings. The monoisotopic (exact) mass is 359 g/mol. The Labute approximate surface area is 149 Å². The van der Waals surface area contributed by atoms with Crippen LogP contribution in [0.15, 0.2) is 24.3 Å². The lowest BCUT2D eigenvalue weighted by atomic mass is 10.1. The van der Waals surface area contributed by atoms with Crippen molar-refractivity contribution in [3.05, 3.63) is 47.0 Å². The number of hydrogen-bond acceptors (Lipinski definition) is 4. The molecule has 0 saturated carbocycles. The highest BCUT2D eigenvalue weighted by molar-refractivity contribution is 5.98. The standard InChI is InChI=1S/C18H19F2N5O/c1-9(19)8-25-16-5-4-12(6-13(16)10(2)24-25)23-18-14(17(21)26)7-15(20)11(3)22-18/h4-7,9H,8H2,1-3H3,(H2,21,26)(H,22,23). The number of pyridine rings is 1. The molecule has 1 aromatic carbocycles. The fourth-order valence-corrected chi connectivity index (χ4v) is 2.80. The molecule has 3 rings (SSSR count). The SMILES string of the molecule is Cc1nc(Nc2ccc3c(c2)c(C)nn3CC(C)F)c(C(N)=O)cc1F. The quantitative estimate of drug-likeness (QED) is 0.731. The van der Waals surface area contributed by atoms with Gasteiger partial charge in [0.25, 0.3) is 5.91 Å². The highest BCUT2D eigenvalue weighted by Gasteiger charge is 2.15. The van der Waals surface area contributed by atoms with Gasteiger partial charge in [0.2, 0.25) is 0 Å². The van der Waals surface area contributed by atoms with Crippen molar-refractivity contribution in [1.82, 2.24) is 14.8 Å². The fraction of sp³-hybridized carbons (Fsp3) is 0.278. The topological polar surface area (TPSA) is 85.8 Å². The maximum atomic E-state index is 13.7. The summed E-state index contributed by atoms with van der Waals surface area (Å²) in [6.07, 6.45) is -1.01. The van der Waals surface area contributed by atoms with Crippen molar-refractivity contribution in [2.24, 2.45) is 5.73 Å². The average molecular weight is 359 g/mol. The summed E-state index contributed by atoms with van der Waals surface area (Å²) in [5.74, 6) is -1.20. The van der Waals surface area contributed by atoms with E-state index in [4.69, 9.17) is 5.73 Å². The Balaban J connectivity index is 2.01. The molecule has 26 heavy (non-hydrogen) atoms. The summed E-state index contributed by atoms with van der Waals surface area (Å²) in [6.45, 7) is 4.98. The lowest BCUT2D eigenvalue weighted by Gasteiger charge is -2.11. The Morgan fingerprint density at radius 2 is 2.04 bits per heavy atom. The number of nitrogens with zero attached hydrogens (tertiary/aromatic N) is 3. The van der Waals surface area contributed by atoms with Gasteiger partial charge in [-0.25, -0.2) is 13.8 Å². The second-order valence-corrected chi connectivity index (χ2v) is 6.22. The second kappa shape index (κ2) is 6.70. The van der Waals surface area contributed by atoms with Crippen molar-refractivity contribution in [2.75, 3.05) is 5.32 Å². The van der Waals surface area contributed by atoms with Crippen molar-refractivity contribution in [1.29, 1.82) is 0 Å². The first-order chi connectivity index (χ1) is 12.3. The molecule has 0 bridgehead atoms. The number of carbonyl (C=O) groups excluding carboxylic acids is 1. The Morgan fingerprint density at radius 3 is 2.69 bits per heavy atom. The van der Waals surface area contributed by atoms with Gasteiger partial charge in [-0.2, -0.15) is 5.10 Å². The molecule has 0 fully saturated rings. The lowest BCUT2D eigenvalue weighted by molar-refractivity contribution is 0.100. The minimum absolute atomic E-state index is 0.0353. The number of hydrogen-bond donors (Lipinski definition) is 2. The number of nitrogens with two attached hydrogens (primary N) is 1. The molecule has 0 radical (unpaired) electrons. The summed E-state index contributed by atoms with van der Waals surface area (Å²) in [5, 5.41) is 8.20. The number of aryl methyl sites for hydroxylation is 2. The van der Waals surface area contributed by atoms with Crippen molar-refractivity contribution >= 4 is 28.3 Å². The molecule has 0 aliphatic rings. The van der Waals surface area contributed by atoms with E-state index >= 15 is 0 Å². The second-order valence-electron chi connectivity index (χ2n) is 6.22. The Kier molecular flexibility index (Phi) is 4.58. The highest BCUT2D eigenvalue weighted by atomic mass is 19.1. The van der Waals surface area contributed by atoms with Crippen LogP contribution in [-0.2, 0) is 6.54 Å². The Morgan fingerprint density at radius 1 is 1.31 bits per heavy atom. The maximum Gasteiger partial charge on any atom is 0.252 e. The van der Waals surface area contributed by atoms with Crippen LogP contribution in [0.5, 0.6) is 0 Å². The molecular formula is C18H19F2N5O. The average Bonchev–Trinajstić information content (AvgIpc) is 2.85. The third-order valence-corrected chi connectivity index (χ3v) is 4.04. The van der Waals surface area contributed by atoms with Crippen LogP contribution in [-0.4, -0.2) is 26.8 Å². The third-order valence-electron chi connectivity index (χ3n) is 4.04. The van der Waals surface area contributed by atoms with E-state index < -0.39 is 17.9 Å².